The fourth-order valence-electron chi connectivity index (χ4n) is 2.92. The highest BCUT2D eigenvalue weighted by Gasteiger charge is 2.32. The molecule has 3 rings (SSSR count). The van der Waals surface area contributed by atoms with Crippen LogP contribution in [0.15, 0.2) is 52.7 Å². The van der Waals surface area contributed by atoms with E-state index in [9.17, 15) is 4.79 Å². The quantitative estimate of drug-likeness (QED) is 0.555. The number of nitrogens with zero attached hydrogens (tertiary/aromatic N) is 3. The van der Waals surface area contributed by atoms with Gasteiger partial charge in [-0.15, -0.1) is 5.10 Å². The van der Waals surface area contributed by atoms with Gasteiger partial charge in [0.1, 0.15) is 0 Å². The summed E-state index contributed by atoms with van der Waals surface area (Å²) in [6.45, 7) is 5.19. The molecule has 0 saturated carbocycles. The molecule has 0 fully saturated rings. The molecule has 1 amide bonds. The monoisotopic (exact) mass is 365 g/mol. The molecule has 0 unspecified atom stereocenters. The third kappa shape index (κ3) is 3.84. The Morgan fingerprint density at radius 1 is 1.11 bits per heavy atom. The van der Waals surface area contributed by atoms with Crippen LogP contribution in [0.5, 0.6) is 11.5 Å². The summed E-state index contributed by atoms with van der Waals surface area (Å²) in [7, 11) is 1.61. The van der Waals surface area contributed by atoms with E-state index in [0.717, 1.165) is 23.2 Å². The Bertz CT molecular complexity index is 890. The highest BCUT2D eigenvalue weighted by molar-refractivity contribution is 6.54. The number of carbonyl (C=O) groups excluding carboxylic acids is 1. The lowest BCUT2D eigenvalue weighted by Gasteiger charge is -2.12. The van der Waals surface area contributed by atoms with E-state index in [1.54, 1.807) is 18.2 Å². The molecule has 0 aliphatic carbocycles. The van der Waals surface area contributed by atoms with Crippen molar-refractivity contribution >= 4 is 23.5 Å². The van der Waals surface area contributed by atoms with Crippen LogP contribution in [0.3, 0.4) is 0 Å². The minimum Gasteiger partial charge on any atom is -0.493 e. The van der Waals surface area contributed by atoms with Crippen molar-refractivity contribution in [1.29, 1.82) is 0 Å². The highest BCUT2D eigenvalue weighted by atomic mass is 16.5. The number of hydrogen-bond donors (Lipinski definition) is 0. The molecule has 0 spiro atoms. The molecule has 1 aliphatic heterocycles. The summed E-state index contributed by atoms with van der Waals surface area (Å²) in [5.41, 5.74) is 2.86. The van der Waals surface area contributed by atoms with Crippen molar-refractivity contribution in [2.45, 2.75) is 20.3 Å². The Morgan fingerprint density at radius 3 is 2.67 bits per heavy atom. The molecule has 6 nitrogen and oxygen atoms in total. The van der Waals surface area contributed by atoms with Crippen molar-refractivity contribution in [3.63, 3.8) is 0 Å². The molecule has 0 bridgehead atoms. The van der Waals surface area contributed by atoms with E-state index < -0.39 is 0 Å². The van der Waals surface area contributed by atoms with Crippen molar-refractivity contribution in [2.75, 3.05) is 25.2 Å². The van der Waals surface area contributed by atoms with Gasteiger partial charge < -0.3 is 14.4 Å². The molecule has 1 heterocycles. The van der Waals surface area contributed by atoms with Gasteiger partial charge in [0.15, 0.2) is 17.2 Å². The Labute approximate surface area is 159 Å². The van der Waals surface area contributed by atoms with E-state index in [4.69, 9.17) is 9.47 Å². The van der Waals surface area contributed by atoms with Crippen LogP contribution in [-0.2, 0) is 4.79 Å². The molecule has 6 heteroatoms. The van der Waals surface area contributed by atoms with Crippen LogP contribution in [0.2, 0.25) is 0 Å². The topological polar surface area (TPSA) is 63.5 Å². The number of carbonyl (C=O) groups is 1. The van der Waals surface area contributed by atoms with Crippen LogP contribution in [0, 0.1) is 0 Å². The van der Waals surface area contributed by atoms with E-state index in [0.29, 0.717) is 30.4 Å². The number of benzene rings is 2. The molecular weight excluding hydrogens is 342 g/mol. The summed E-state index contributed by atoms with van der Waals surface area (Å²) >= 11 is 0. The van der Waals surface area contributed by atoms with Crippen molar-refractivity contribution in [3.05, 3.63) is 53.6 Å². The average Bonchev–Trinajstić information content (AvgIpc) is 2.97. The Hall–Kier alpha value is -3.15. The minimum atomic E-state index is -0.127. The molecule has 0 radical (unpaired) electrons. The van der Waals surface area contributed by atoms with Crippen molar-refractivity contribution in [1.82, 2.24) is 0 Å². The molecule has 140 valence electrons. The second-order valence-electron chi connectivity index (χ2n) is 6.02. The van der Waals surface area contributed by atoms with E-state index in [1.165, 1.54) is 0 Å². The van der Waals surface area contributed by atoms with Gasteiger partial charge in [0.05, 0.1) is 25.6 Å². The summed E-state index contributed by atoms with van der Waals surface area (Å²) in [4.78, 5) is 14.3. The van der Waals surface area contributed by atoms with Gasteiger partial charge in [-0.05, 0) is 43.2 Å². The Balaban J connectivity index is 1.85. The highest BCUT2D eigenvalue weighted by Crippen LogP contribution is 2.29. The number of ether oxygens (including phenoxy) is 2. The van der Waals surface area contributed by atoms with Crippen LogP contribution in [0.25, 0.3) is 0 Å². The van der Waals surface area contributed by atoms with Gasteiger partial charge in [0.2, 0.25) is 0 Å². The maximum Gasteiger partial charge on any atom is 0.279 e. The summed E-state index contributed by atoms with van der Waals surface area (Å²) < 4.78 is 11.0. The number of para-hydroxylation sites is 1. The molecule has 0 saturated heterocycles. The lowest BCUT2D eigenvalue weighted by Crippen LogP contribution is -2.29. The van der Waals surface area contributed by atoms with Crippen LogP contribution in [0.4, 0.5) is 5.69 Å². The van der Waals surface area contributed by atoms with Crippen molar-refractivity contribution in [2.24, 2.45) is 10.2 Å². The number of likely N-dealkylation sites (N-methyl/N-ethyl adjacent to an activating group) is 1. The summed E-state index contributed by atoms with van der Waals surface area (Å²) in [6, 6.07) is 13.2. The van der Waals surface area contributed by atoms with E-state index in [-0.39, 0.29) is 5.91 Å². The molecule has 27 heavy (non-hydrogen) atoms. The zero-order valence-electron chi connectivity index (χ0n) is 15.8. The number of hydrogen-bond acceptors (Lipinski definition) is 5. The van der Waals surface area contributed by atoms with Crippen LogP contribution in [0.1, 0.15) is 31.4 Å². The summed E-state index contributed by atoms with van der Waals surface area (Å²) in [5, 5.41) is 8.33. The number of anilines is 1. The predicted octanol–water partition coefficient (Wildman–Crippen LogP) is 3.67. The first-order chi connectivity index (χ1) is 13.2. The standard InChI is InChI=1S/C21H23N3O3/c1-4-12-27-19-13-15(10-11-18(19)26-3)14-22-23-20-16-8-6-7-9-17(16)24(5-2)21(20)25/h6-11,13-14H,4-5,12H2,1-3H3/b22-14-,23-20-. The van der Waals surface area contributed by atoms with Gasteiger partial charge in [-0.2, -0.15) is 5.10 Å². The summed E-state index contributed by atoms with van der Waals surface area (Å²) in [5.74, 6) is 1.21. The first kappa shape index (κ1) is 18.6. The van der Waals surface area contributed by atoms with Gasteiger partial charge in [0.25, 0.3) is 5.91 Å². The fourth-order valence-corrected chi connectivity index (χ4v) is 2.92. The molecule has 0 atom stereocenters. The smallest absolute Gasteiger partial charge is 0.279 e. The normalized spacial score (nSPS) is 14.9. The Kier molecular flexibility index (Phi) is 5.86. The lowest BCUT2D eigenvalue weighted by atomic mass is 10.1. The molecule has 2 aromatic rings. The van der Waals surface area contributed by atoms with Crippen LogP contribution in [-0.4, -0.2) is 38.1 Å². The second kappa shape index (κ2) is 8.49. The molecule has 0 aromatic heterocycles. The maximum atomic E-state index is 12.6. The van der Waals surface area contributed by atoms with Gasteiger partial charge >= 0.3 is 0 Å². The molecular formula is C21H23N3O3. The zero-order valence-corrected chi connectivity index (χ0v) is 15.8. The van der Waals surface area contributed by atoms with Crippen LogP contribution >= 0.6 is 0 Å². The maximum absolute atomic E-state index is 12.6. The summed E-state index contributed by atoms with van der Waals surface area (Å²) in [6.07, 6.45) is 2.51. The van der Waals surface area contributed by atoms with Crippen molar-refractivity contribution in [3.8, 4) is 11.5 Å². The van der Waals surface area contributed by atoms with Gasteiger partial charge in [0, 0.05) is 12.1 Å². The molecule has 1 aliphatic rings. The van der Waals surface area contributed by atoms with Gasteiger partial charge in [-0.3, -0.25) is 4.79 Å². The minimum absolute atomic E-state index is 0.127. The number of rotatable bonds is 7. The number of methoxy groups -OCH3 is 1. The average molecular weight is 365 g/mol. The van der Waals surface area contributed by atoms with Gasteiger partial charge in [-0.1, -0.05) is 25.1 Å². The largest absolute Gasteiger partial charge is 0.493 e. The van der Waals surface area contributed by atoms with Gasteiger partial charge in [-0.25, -0.2) is 0 Å². The third-order valence-electron chi connectivity index (χ3n) is 4.23. The van der Waals surface area contributed by atoms with E-state index in [1.807, 2.05) is 56.3 Å². The third-order valence-corrected chi connectivity index (χ3v) is 4.23. The SMILES string of the molecule is CCCOc1cc(/C=N\N=C2/C(=O)N(CC)c3ccccc32)ccc1OC. The number of amides is 1. The first-order valence-electron chi connectivity index (χ1n) is 9.02. The Morgan fingerprint density at radius 2 is 1.93 bits per heavy atom. The van der Waals surface area contributed by atoms with Crippen LogP contribution < -0.4 is 14.4 Å². The zero-order chi connectivity index (χ0) is 19.2. The lowest BCUT2D eigenvalue weighted by molar-refractivity contribution is -0.112. The first-order valence-corrected chi connectivity index (χ1v) is 9.02. The molecule has 2 aromatic carbocycles. The number of fused-ring (bicyclic) bond motifs is 1. The van der Waals surface area contributed by atoms with Crippen molar-refractivity contribution < 1.29 is 14.3 Å². The predicted molar refractivity (Wildman–Crippen MR) is 107 cm³/mol. The van der Waals surface area contributed by atoms with E-state index in [2.05, 4.69) is 10.2 Å². The van der Waals surface area contributed by atoms with E-state index >= 15 is 0 Å². The molecule has 0 N–H and O–H groups in total. The second-order valence-corrected chi connectivity index (χ2v) is 6.02. The fraction of sp³-hybridized carbons (Fsp3) is 0.286.